The van der Waals surface area contributed by atoms with E-state index in [0.717, 1.165) is 28.3 Å². The number of hydrogen-bond acceptors (Lipinski definition) is 5. The largest absolute Gasteiger partial charge is 0.481 e. The Morgan fingerprint density at radius 3 is 2.37 bits per heavy atom. The Balaban J connectivity index is 1.83. The van der Waals surface area contributed by atoms with Crippen LogP contribution in [-0.4, -0.2) is 54.7 Å². The first-order chi connectivity index (χ1) is 12.6. The van der Waals surface area contributed by atoms with Crippen molar-refractivity contribution in [3.8, 4) is 5.95 Å². The molecule has 0 saturated carbocycles. The van der Waals surface area contributed by atoms with Crippen LogP contribution in [0.1, 0.15) is 41.7 Å². The lowest BCUT2D eigenvalue weighted by molar-refractivity contribution is -0.147. The Hall–Kier alpha value is -2.77. The van der Waals surface area contributed by atoms with Crippen LogP contribution < -0.4 is 0 Å². The molecule has 8 nitrogen and oxygen atoms in total. The molecule has 1 aliphatic heterocycles. The van der Waals surface area contributed by atoms with E-state index >= 15 is 0 Å². The second-order valence-corrected chi connectivity index (χ2v) is 7.62. The van der Waals surface area contributed by atoms with Crippen molar-refractivity contribution in [2.45, 2.75) is 47.5 Å². The molecule has 1 saturated heterocycles. The number of aliphatic carboxylic acids is 1. The molecule has 1 aliphatic rings. The smallest absolute Gasteiger partial charge is 0.311 e. The Morgan fingerprint density at radius 1 is 1.19 bits per heavy atom. The number of hydrogen-bond donors (Lipinski definition) is 1. The summed E-state index contributed by atoms with van der Waals surface area (Å²) in [5, 5.41) is 13.9. The van der Waals surface area contributed by atoms with Crippen LogP contribution in [0.4, 0.5) is 0 Å². The highest BCUT2D eigenvalue weighted by atomic mass is 16.4. The second-order valence-electron chi connectivity index (χ2n) is 7.62. The molecule has 144 valence electrons. The van der Waals surface area contributed by atoms with Crippen LogP contribution in [-0.2, 0) is 16.0 Å². The predicted molar refractivity (Wildman–Crippen MR) is 98.7 cm³/mol. The lowest BCUT2D eigenvalue weighted by Crippen LogP contribution is -2.35. The van der Waals surface area contributed by atoms with Crippen molar-refractivity contribution in [1.82, 2.24) is 24.6 Å². The fourth-order valence-electron chi connectivity index (χ4n) is 3.54. The molecule has 1 amide bonds. The van der Waals surface area contributed by atoms with E-state index in [4.69, 9.17) is 0 Å². The van der Waals surface area contributed by atoms with Gasteiger partial charge in [-0.25, -0.2) is 14.6 Å². The van der Waals surface area contributed by atoms with Crippen molar-refractivity contribution < 1.29 is 14.7 Å². The average molecular weight is 371 g/mol. The molecule has 0 radical (unpaired) electrons. The number of rotatable bonds is 4. The number of carboxylic acids is 1. The highest BCUT2D eigenvalue weighted by molar-refractivity contribution is 5.82. The molecule has 1 N–H and O–H groups in total. The van der Waals surface area contributed by atoms with Crippen LogP contribution >= 0.6 is 0 Å². The van der Waals surface area contributed by atoms with Gasteiger partial charge in [-0.1, -0.05) is 0 Å². The molecule has 1 fully saturated rings. The standard InChI is InChI=1S/C19H25N5O3/c1-11-8-12(2)21-18(20-11)24-14(4)15(13(3)22-24)9-16(25)23-7-6-19(5,10-23)17(26)27/h8H,6-7,9-10H2,1-5H3,(H,26,27). The Bertz CT molecular complexity index is 900. The van der Waals surface area contributed by atoms with E-state index in [0.29, 0.717) is 18.9 Å². The second kappa shape index (κ2) is 6.75. The van der Waals surface area contributed by atoms with E-state index < -0.39 is 11.4 Å². The van der Waals surface area contributed by atoms with Crippen LogP contribution in [0, 0.1) is 33.1 Å². The highest BCUT2D eigenvalue weighted by Crippen LogP contribution is 2.30. The fourth-order valence-corrected chi connectivity index (χ4v) is 3.54. The number of carboxylic acid groups (broad SMARTS) is 1. The van der Waals surface area contributed by atoms with Gasteiger partial charge in [-0.15, -0.1) is 0 Å². The maximum atomic E-state index is 12.7. The highest BCUT2D eigenvalue weighted by Gasteiger charge is 2.42. The Morgan fingerprint density at radius 2 is 1.81 bits per heavy atom. The zero-order valence-corrected chi connectivity index (χ0v) is 16.4. The first-order valence-corrected chi connectivity index (χ1v) is 8.99. The molecule has 0 spiro atoms. The van der Waals surface area contributed by atoms with Crippen molar-refractivity contribution in [2.75, 3.05) is 13.1 Å². The molecule has 3 rings (SSSR count). The molecule has 3 heterocycles. The summed E-state index contributed by atoms with van der Waals surface area (Å²) in [6, 6.07) is 1.90. The van der Waals surface area contributed by atoms with E-state index in [1.807, 2.05) is 33.8 Å². The van der Waals surface area contributed by atoms with Gasteiger partial charge in [-0.2, -0.15) is 5.10 Å². The summed E-state index contributed by atoms with van der Waals surface area (Å²) in [6.45, 7) is 9.97. The minimum atomic E-state index is -0.864. The van der Waals surface area contributed by atoms with Crippen molar-refractivity contribution in [2.24, 2.45) is 5.41 Å². The number of aryl methyl sites for hydroxylation is 3. The topological polar surface area (TPSA) is 101 Å². The van der Waals surface area contributed by atoms with Crippen molar-refractivity contribution >= 4 is 11.9 Å². The predicted octanol–water partition coefficient (Wildman–Crippen LogP) is 1.76. The zero-order valence-electron chi connectivity index (χ0n) is 16.4. The summed E-state index contributed by atoms with van der Waals surface area (Å²) in [5.41, 5.74) is 3.26. The molecule has 0 aromatic carbocycles. The molecule has 2 aromatic rings. The molecule has 27 heavy (non-hydrogen) atoms. The number of aromatic nitrogens is 4. The summed E-state index contributed by atoms with van der Waals surface area (Å²) in [5.74, 6) is -0.441. The van der Waals surface area contributed by atoms with Gasteiger partial charge < -0.3 is 10.0 Å². The molecular weight excluding hydrogens is 346 g/mol. The lowest BCUT2D eigenvalue weighted by Gasteiger charge is -2.20. The number of nitrogens with zero attached hydrogens (tertiary/aromatic N) is 5. The van der Waals surface area contributed by atoms with Crippen LogP contribution in [0.3, 0.4) is 0 Å². The van der Waals surface area contributed by atoms with E-state index in [2.05, 4.69) is 15.1 Å². The third kappa shape index (κ3) is 3.56. The zero-order chi connectivity index (χ0) is 19.9. The summed E-state index contributed by atoms with van der Waals surface area (Å²) in [7, 11) is 0. The first kappa shape index (κ1) is 19.0. The van der Waals surface area contributed by atoms with Gasteiger partial charge in [-0.3, -0.25) is 9.59 Å². The number of carbonyl (C=O) groups excluding carboxylic acids is 1. The fraction of sp³-hybridized carbons (Fsp3) is 0.526. The van der Waals surface area contributed by atoms with E-state index in [1.54, 1.807) is 16.5 Å². The van der Waals surface area contributed by atoms with Crippen LogP contribution in [0.25, 0.3) is 5.95 Å². The summed E-state index contributed by atoms with van der Waals surface area (Å²) in [6.07, 6.45) is 0.667. The van der Waals surface area contributed by atoms with Crippen molar-refractivity contribution in [3.63, 3.8) is 0 Å². The van der Waals surface area contributed by atoms with Gasteiger partial charge in [0, 0.05) is 35.7 Å². The molecule has 0 bridgehead atoms. The Labute approximate surface area is 158 Å². The van der Waals surface area contributed by atoms with Gasteiger partial charge in [0.2, 0.25) is 5.91 Å². The van der Waals surface area contributed by atoms with Gasteiger partial charge >= 0.3 is 5.97 Å². The minimum absolute atomic E-state index is 0.0768. The maximum Gasteiger partial charge on any atom is 0.311 e. The number of amides is 1. The van der Waals surface area contributed by atoms with E-state index in [1.165, 1.54) is 0 Å². The minimum Gasteiger partial charge on any atom is -0.481 e. The molecule has 8 heteroatoms. The third-order valence-corrected chi connectivity index (χ3v) is 5.27. The average Bonchev–Trinajstić information content (AvgIpc) is 3.10. The van der Waals surface area contributed by atoms with Gasteiger partial charge in [0.25, 0.3) is 5.95 Å². The SMILES string of the molecule is Cc1cc(C)nc(-n2nc(C)c(CC(=O)N3CCC(C)(C(=O)O)C3)c2C)n1. The monoisotopic (exact) mass is 371 g/mol. The van der Waals surface area contributed by atoms with E-state index in [9.17, 15) is 14.7 Å². The van der Waals surface area contributed by atoms with Crippen molar-refractivity contribution in [3.05, 3.63) is 34.4 Å². The van der Waals surface area contributed by atoms with Gasteiger partial charge in [0.1, 0.15) is 0 Å². The van der Waals surface area contributed by atoms with Crippen LogP contribution in [0.15, 0.2) is 6.07 Å². The summed E-state index contributed by atoms with van der Waals surface area (Å²) in [4.78, 5) is 34.7. The maximum absolute atomic E-state index is 12.7. The van der Waals surface area contributed by atoms with Crippen molar-refractivity contribution in [1.29, 1.82) is 0 Å². The number of carbonyl (C=O) groups is 2. The molecular formula is C19H25N5O3. The molecule has 1 atom stereocenters. The summed E-state index contributed by atoms with van der Waals surface area (Å²) >= 11 is 0. The lowest BCUT2D eigenvalue weighted by atomic mass is 9.90. The molecule has 1 unspecified atom stereocenters. The van der Waals surface area contributed by atoms with Gasteiger partial charge in [-0.05, 0) is 47.1 Å². The van der Waals surface area contributed by atoms with Gasteiger partial charge in [0.05, 0.1) is 17.5 Å². The van der Waals surface area contributed by atoms with Crippen LogP contribution in [0.2, 0.25) is 0 Å². The third-order valence-electron chi connectivity index (χ3n) is 5.27. The normalized spacial score (nSPS) is 19.5. The van der Waals surface area contributed by atoms with Crippen LogP contribution in [0.5, 0.6) is 0 Å². The van der Waals surface area contributed by atoms with E-state index in [-0.39, 0.29) is 18.9 Å². The van der Waals surface area contributed by atoms with Gasteiger partial charge in [0.15, 0.2) is 0 Å². The number of likely N-dealkylation sites (tertiary alicyclic amines) is 1. The quantitative estimate of drug-likeness (QED) is 0.879. The Kier molecular flexibility index (Phi) is 4.75. The molecule has 2 aromatic heterocycles. The summed E-state index contributed by atoms with van der Waals surface area (Å²) < 4.78 is 1.67. The molecule has 0 aliphatic carbocycles. The first-order valence-electron chi connectivity index (χ1n) is 8.99.